The topological polar surface area (TPSA) is 40.4 Å². The Labute approximate surface area is 151 Å². The van der Waals surface area contributed by atoms with E-state index in [0.717, 1.165) is 30.9 Å². The van der Waals surface area contributed by atoms with Crippen molar-refractivity contribution in [2.75, 3.05) is 68.1 Å². The van der Waals surface area contributed by atoms with Crippen LogP contribution in [0.15, 0.2) is 34.3 Å². The van der Waals surface area contributed by atoms with Gasteiger partial charge in [-0.25, -0.2) is 4.39 Å². The molecule has 6 heteroatoms. The molecule has 140 valence electrons. The summed E-state index contributed by atoms with van der Waals surface area (Å²) in [6, 6.07) is 6.48. The van der Waals surface area contributed by atoms with E-state index in [1.54, 1.807) is 26.3 Å². The van der Waals surface area contributed by atoms with Gasteiger partial charge in [-0.15, -0.1) is 0 Å². The standard InChI is InChI=1S/C19H31FN4O/c1-21-19(16-6-8-18(20)9-7-16)17(14-22-10-13-25-5)15-24(4)12-11-23(2)3/h6-9,14,17H,10-13,15H2,1-5H3. The zero-order valence-electron chi connectivity index (χ0n) is 16.1. The van der Waals surface area contributed by atoms with Gasteiger partial charge in [0.1, 0.15) is 5.82 Å². The smallest absolute Gasteiger partial charge is 0.123 e. The van der Waals surface area contributed by atoms with E-state index in [2.05, 4.69) is 40.9 Å². The molecule has 0 fully saturated rings. The summed E-state index contributed by atoms with van der Waals surface area (Å²) in [7, 11) is 9.66. The molecule has 5 nitrogen and oxygen atoms in total. The van der Waals surface area contributed by atoms with Gasteiger partial charge in [0.25, 0.3) is 0 Å². The van der Waals surface area contributed by atoms with Crippen molar-refractivity contribution in [2.24, 2.45) is 15.9 Å². The van der Waals surface area contributed by atoms with E-state index in [-0.39, 0.29) is 11.7 Å². The van der Waals surface area contributed by atoms with Crippen LogP contribution in [0.25, 0.3) is 0 Å². The van der Waals surface area contributed by atoms with Crippen molar-refractivity contribution in [3.8, 4) is 0 Å². The Kier molecular flexibility index (Phi) is 10.1. The first-order valence-electron chi connectivity index (χ1n) is 8.52. The summed E-state index contributed by atoms with van der Waals surface area (Å²) in [4.78, 5) is 13.4. The van der Waals surface area contributed by atoms with Crippen LogP contribution in [0.2, 0.25) is 0 Å². The number of nitrogens with zero attached hydrogens (tertiary/aromatic N) is 4. The molecule has 1 aromatic carbocycles. The Hall–Kier alpha value is -1.63. The first-order chi connectivity index (χ1) is 12.0. The van der Waals surface area contributed by atoms with Gasteiger partial charge in [0.15, 0.2) is 0 Å². The predicted molar refractivity (Wildman–Crippen MR) is 104 cm³/mol. The Bertz CT molecular complexity index is 543. The van der Waals surface area contributed by atoms with Gasteiger partial charge in [-0.1, -0.05) is 12.1 Å². The van der Waals surface area contributed by atoms with E-state index < -0.39 is 0 Å². The molecular formula is C19H31FN4O. The number of benzene rings is 1. The Morgan fingerprint density at radius 3 is 2.44 bits per heavy atom. The number of likely N-dealkylation sites (N-methyl/N-ethyl adjacent to an activating group) is 2. The lowest BCUT2D eigenvalue weighted by atomic mass is 9.96. The molecule has 1 atom stereocenters. The minimum Gasteiger partial charge on any atom is -0.383 e. The molecule has 0 aromatic heterocycles. The summed E-state index contributed by atoms with van der Waals surface area (Å²) in [5.41, 5.74) is 1.84. The SMILES string of the molecule is CN=C(c1ccc(F)cc1)C(C=NCCOC)CN(C)CCN(C)C. The molecule has 0 amide bonds. The minimum absolute atomic E-state index is 0.0412. The van der Waals surface area contributed by atoms with Gasteiger partial charge in [0, 0.05) is 45.9 Å². The van der Waals surface area contributed by atoms with E-state index in [4.69, 9.17) is 4.74 Å². The van der Waals surface area contributed by atoms with Crippen molar-refractivity contribution in [1.82, 2.24) is 9.80 Å². The predicted octanol–water partition coefficient (Wildman–Crippen LogP) is 2.07. The molecule has 0 radical (unpaired) electrons. The minimum atomic E-state index is -0.243. The van der Waals surface area contributed by atoms with Gasteiger partial charge in [0.2, 0.25) is 0 Å². The third-order valence-corrected chi connectivity index (χ3v) is 3.88. The maximum atomic E-state index is 13.2. The highest BCUT2D eigenvalue weighted by Crippen LogP contribution is 2.12. The fourth-order valence-corrected chi connectivity index (χ4v) is 2.48. The van der Waals surface area contributed by atoms with Crippen LogP contribution < -0.4 is 0 Å². The number of rotatable bonds is 11. The van der Waals surface area contributed by atoms with Crippen LogP contribution >= 0.6 is 0 Å². The second kappa shape index (κ2) is 11.8. The van der Waals surface area contributed by atoms with Crippen molar-refractivity contribution in [1.29, 1.82) is 0 Å². The highest BCUT2D eigenvalue weighted by molar-refractivity contribution is 6.09. The molecule has 0 aliphatic heterocycles. The van der Waals surface area contributed by atoms with Crippen molar-refractivity contribution < 1.29 is 9.13 Å². The van der Waals surface area contributed by atoms with Crippen LogP contribution in [0.3, 0.4) is 0 Å². The number of halogens is 1. The lowest BCUT2D eigenvalue weighted by Gasteiger charge is -2.24. The third-order valence-electron chi connectivity index (χ3n) is 3.88. The maximum Gasteiger partial charge on any atom is 0.123 e. The van der Waals surface area contributed by atoms with Crippen molar-refractivity contribution in [3.63, 3.8) is 0 Å². The quantitative estimate of drug-likeness (QED) is 0.453. The van der Waals surface area contributed by atoms with E-state index in [9.17, 15) is 4.39 Å². The number of ether oxygens (including phenoxy) is 1. The summed E-state index contributed by atoms with van der Waals surface area (Å²) in [5, 5.41) is 0. The molecule has 0 saturated carbocycles. The van der Waals surface area contributed by atoms with E-state index in [1.807, 2.05) is 6.21 Å². The molecule has 25 heavy (non-hydrogen) atoms. The fourth-order valence-electron chi connectivity index (χ4n) is 2.48. The molecule has 0 bridgehead atoms. The van der Waals surface area contributed by atoms with Gasteiger partial charge < -0.3 is 14.5 Å². The van der Waals surface area contributed by atoms with Gasteiger partial charge in [0.05, 0.1) is 18.9 Å². The molecule has 1 unspecified atom stereocenters. The summed E-state index contributed by atoms with van der Waals surface area (Å²) >= 11 is 0. The third kappa shape index (κ3) is 8.34. The summed E-state index contributed by atoms with van der Waals surface area (Å²) in [6.45, 7) is 3.95. The lowest BCUT2D eigenvalue weighted by Crippen LogP contribution is -2.36. The molecule has 1 aromatic rings. The van der Waals surface area contributed by atoms with Crippen LogP contribution in [0.1, 0.15) is 5.56 Å². The average molecular weight is 350 g/mol. The first kappa shape index (κ1) is 21.4. The van der Waals surface area contributed by atoms with Crippen LogP contribution in [0.5, 0.6) is 0 Å². The Morgan fingerprint density at radius 2 is 1.88 bits per heavy atom. The molecule has 0 aliphatic rings. The molecular weight excluding hydrogens is 319 g/mol. The molecule has 0 saturated heterocycles. The van der Waals surface area contributed by atoms with Crippen LogP contribution in [-0.4, -0.2) is 89.8 Å². The van der Waals surface area contributed by atoms with Crippen LogP contribution in [0, 0.1) is 11.7 Å². The fraction of sp³-hybridized carbons (Fsp3) is 0.579. The molecule has 1 rings (SSSR count). The van der Waals surface area contributed by atoms with Gasteiger partial charge in [-0.2, -0.15) is 0 Å². The molecule has 0 heterocycles. The molecule has 0 spiro atoms. The zero-order valence-corrected chi connectivity index (χ0v) is 16.1. The lowest BCUT2D eigenvalue weighted by molar-refractivity contribution is 0.208. The first-order valence-corrected chi connectivity index (χ1v) is 8.52. The number of hydrogen-bond donors (Lipinski definition) is 0. The van der Waals surface area contributed by atoms with E-state index >= 15 is 0 Å². The van der Waals surface area contributed by atoms with Crippen molar-refractivity contribution in [2.45, 2.75) is 0 Å². The second-order valence-corrected chi connectivity index (χ2v) is 6.34. The summed E-state index contributed by atoms with van der Waals surface area (Å²) in [5.74, 6) is -0.202. The number of methoxy groups -OCH3 is 1. The summed E-state index contributed by atoms with van der Waals surface area (Å²) in [6.07, 6.45) is 1.94. The highest BCUT2D eigenvalue weighted by atomic mass is 19.1. The molecule has 0 N–H and O–H groups in total. The van der Waals surface area contributed by atoms with Gasteiger partial charge >= 0.3 is 0 Å². The second-order valence-electron chi connectivity index (χ2n) is 6.34. The molecule has 0 aliphatic carbocycles. The average Bonchev–Trinajstić information content (AvgIpc) is 2.58. The van der Waals surface area contributed by atoms with Crippen molar-refractivity contribution in [3.05, 3.63) is 35.6 Å². The highest BCUT2D eigenvalue weighted by Gasteiger charge is 2.18. The number of aliphatic imine (C=N–C) groups is 2. The Morgan fingerprint density at radius 1 is 1.20 bits per heavy atom. The van der Waals surface area contributed by atoms with Gasteiger partial charge in [-0.05, 0) is 38.8 Å². The Balaban J connectivity index is 2.90. The maximum absolute atomic E-state index is 13.2. The van der Waals surface area contributed by atoms with Crippen LogP contribution in [0.4, 0.5) is 4.39 Å². The number of hydrogen-bond acceptors (Lipinski definition) is 5. The van der Waals surface area contributed by atoms with Crippen LogP contribution in [-0.2, 0) is 4.74 Å². The van der Waals surface area contributed by atoms with Crippen molar-refractivity contribution >= 4 is 11.9 Å². The largest absolute Gasteiger partial charge is 0.383 e. The van der Waals surface area contributed by atoms with E-state index in [0.29, 0.717) is 13.2 Å². The van der Waals surface area contributed by atoms with E-state index in [1.165, 1.54) is 12.1 Å². The monoisotopic (exact) mass is 350 g/mol. The normalized spacial score (nSPS) is 14.0. The van der Waals surface area contributed by atoms with Gasteiger partial charge in [-0.3, -0.25) is 9.98 Å². The summed E-state index contributed by atoms with van der Waals surface area (Å²) < 4.78 is 18.3. The zero-order chi connectivity index (χ0) is 18.7.